The Morgan fingerprint density at radius 3 is 1.72 bits per heavy atom. The molecule has 39 heavy (non-hydrogen) atoms. The predicted molar refractivity (Wildman–Crippen MR) is 142 cm³/mol. The van der Waals surface area contributed by atoms with E-state index in [9.17, 15) is 24.6 Å². The summed E-state index contributed by atoms with van der Waals surface area (Å²) < 4.78 is 29.9. The van der Waals surface area contributed by atoms with Crippen LogP contribution >= 0.6 is 7.60 Å². The SMILES string of the molecule is CCC(NC(=O)OC(C)(C)C)C(=O)NCP(=O)(OCc1ccc(N([O-])O)cc1)OCc1ccc(N([O-])O)cc1. The second-order valence-corrected chi connectivity index (χ2v) is 11.4. The van der Waals surface area contributed by atoms with E-state index in [0.717, 1.165) is 0 Å². The minimum atomic E-state index is -4.00. The molecule has 1 atom stereocenters. The van der Waals surface area contributed by atoms with Gasteiger partial charge in [-0.05, 0) is 62.6 Å². The fraction of sp³-hybridized carbons (Fsp3) is 0.417. The average molecular weight is 569 g/mol. The molecule has 0 aliphatic rings. The van der Waals surface area contributed by atoms with Crippen LogP contribution in [0.15, 0.2) is 48.5 Å². The van der Waals surface area contributed by atoms with E-state index < -0.39 is 37.5 Å². The largest absolute Gasteiger partial charge is 0.733 e. The Balaban J connectivity index is 2.10. The first-order valence-electron chi connectivity index (χ1n) is 11.9. The third-order valence-electron chi connectivity index (χ3n) is 5.03. The summed E-state index contributed by atoms with van der Waals surface area (Å²) in [5.74, 6) is -0.638. The molecule has 0 aliphatic heterocycles. The first-order chi connectivity index (χ1) is 18.2. The third kappa shape index (κ3) is 11.2. The standard InChI is InChI=1S/C24H33N4O10P/c1-5-21(26-23(30)38-24(2,3)4)22(29)25-16-39(35,36-14-17-6-10-19(11-7-17)27(31)32)37-15-18-8-12-20(13-9-18)28(33)34/h6-13,21,31,33H,5,14-16H2,1-4H3,(H,25,29)(H,26,30)/q-2. The summed E-state index contributed by atoms with van der Waals surface area (Å²) in [5.41, 5.74) is 0.195. The molecule has 15 heteroatoms. The van der Waals surface area contributed by atoms with Gasteiger partial charge in [0.25, 0.3) is 0 Å². The van der Waals surface area contributed by atoms with E-state index in [2.05, 4.69) is 10.6 Å². The van der Waals surface area contributed by atoms with Gasteiger partial charge in [0.1, 0.15) is 17.9 Å². The fourth-order valence-corrected chi connectivity index (χ4v) is 4.31. The van der Waals surface area contributed by atoms with Gasteiger partial charge in [0.05, 0.1) is 24.6 Å². The van der Waals surface area contributed by atoms with Crippen molar-refractivity contribution in [1.82, 2.24) is 10.6 Å². The highest BCUT2D eigenvalue weighted by Gasteiger charge is 2.29. The summed E-state index contributed by atoms with van der Waals surface area (Å²) in [6.07, 6.45) is -1.10. The highest BCUT2D eigenvalue weighted by molar-refractivity contribution is 7.53. The van der Waals surface area contributed by atoms with Crippen LogP contribution in [0.3, 0.4) is 0 Å². The Hall–Kier alpha value is -3.23. The van der Waals surface area contributed by atoms with Gasteiger partial charge in [-0.2, -0.15) is 0 Å². The van der Waals surface area contributed by atoms with Crippen LogP contribution in [-0.2, 0) is 36.4 Å². The second-order valence-electron chi connectivity index (χ2n) is 9.34. The van der Waals surface area contributed by atoms with Crippen LogP contribution in [0, 0.1) is 10.4 Å². The third-order valence-corrected chi connectivity index (χ3v) is 6.62. The summed E-state index contributed by atoms with van der Waals surface area (Å²) >= 11 is 0. The van der Waals surface area contributed by atoms with Crippen molar-refractivity contribution in [1.29, 1.82) is 0 Å². The zero-order chi connectivity index (χ0) is 29.2. The molecule has 0 saturated carbocycles. The van der Waals surface area contributed by atoms with Gasteiger partial charge in [0, 0.05) is 0 Å². The van der Waals surface area contributed by atoms with Gasteiger partial charge in [-0.1, -0.05) is 31.2 Å². The molecule has 0 spiro atoms. The van der Waals surface area contributed by atoms with E-state index in [0.29, 0.717) is 11.1 Å². The lowest BCUT2D eigenvalue weighted by atomic mass is 10.2. The van der Waals surface area contributed by atoms with Crippen LogP contribution < -0.4 is 21.1 Å². The van der Waals surface area contributed by atoms with Gasteiger partial charge < -0.3 is 45.3 Å². The van der Waals surface area contributed by atoms with Crippen molar-refractivity contribution in [2.24, 2.45) is 0 Å². The first kappa shape index (κ1) is 32.0. The number of benzene rings is 2. The van der Waals surface area contributed by atoms with Crippen molar-refractivity contribution in [3.05, 3.63) is 70.1 Å². The Labute approximate surface area is 226 Å². The molecule has 14 nitrogen and oxygen atoms in total. The van der Waals surface area contributed by atoms with Gasteiger partial charge >= 0.3 is 13.7 Å². The highest BCUT2D eigenvalue weighted by Crippen LogP contribution is 2.48. The molecule has 0 fully saturated rings. The molecule has 216 valence electrons. The Bertz CT molecular complexity index is 1060. The lowest BCUT2D eigenvalue weighted by molar-refractivity contribution is -0.123. The number of amides is 2. The molecule has 0 bridgehead atoms. The quantitative estimate of drug-likeness (QED) is 0.197. The van der Waals surface area contributed by atoms with Crippen LogP contribution in [0.4, 0.5) is 16.2 Å². The smallest absolute Gasteiger partial charge is 0.408 e. The molecule has 2 rings (SSSR count). The maximum atomic E-state index is 13.6. The number of nitrogens with zero attached hydrogens (tertiary/aromatic N) is 2. The van der Waals surface area contributed by atoms with Gasteiger partial charge in [-0.3, -0.25) is 19.8 Å². The molecule has 0 aromatic heterocycles. The molecule has 2 aromatic rings. The zero-order valence-corrected chi connectivity index (χ0v) is 22.9. The minimum Gasteiger partial charge on any atom is -0.733 e. The maximum Gasteiger partial charge on any atom is 0.408 e. The van der Waals surface area contributed by atoms with E-state index in [1.165, 1.54) is 48.5 Å². The monoisotopic (exact) mass is 568 g/mol. The molecular weight excluding hydrogens is 535 g/mol. The number of carbonyl (C=O) groups excluding carboxylic acids is 2. The summed E-state index contributed by atoms with van der Waals surface area (Å²) in [6.45, 7) is 6.27. The summed E-state index contributed by atoms with van der Waals surface area (Å²) in [6, 6.07) is 10.2. The molecule has 2 amide bonds. The van der Waals surface area contributed by atoms with Crippen LogP contribution in [-0.4, -0.2) is 40.3 Å². The van der Waals surface area contributed by atoms with Gasteiger partial charge in [-0.25, -0.2) is 4.79 Å². The van der Waals surface area contributed by atoms with Crippen molar-refractivity contribution in [2.75, 3.05) is 16.7 Å². The van der Waals surface area contributed by atoms with Crippen molar-refractivity contribution in [3.8, 4) is 0 Å². The number of nitrogens with one attached hydrogen (secondary N) is 2. The number of hydrogen-bond donors (Lipinski definition) is 4. The number of carbonyl (C=O) groups is 2. The average Bonchev–Trinajstić information content (AvgIpc) is 2.87. The van der Waals surface area contributed by atoms with E-state index in [1.54, 1.807) is 27.7 Å². The zero-order valence-electron chi connectivity index (χ0n) is 22.0. The highest BCUT2D eigenvalue weighted by atomic mass is 31.2. The van der Waals surface area contributed by atoms with Crippen LogP contribution in [0.25, 0.3) is 0 Å². The molecule has 4 N–H and O–H groups in total. The maximum absolute atomic E-state index is 13.6. The molecule has 2 aromatic carbocycles. The van der Waals surface area contributed by atoms with E-state index >= 15 is 0 Å². The van der Waals surface area contributed by atoms with E-state index in [-0.39, 0.29) is 41.5 Å². The minimum absolute atomic E-state index is 0.0171. The van der Waals surface area contributed by atoms with Crippen LogP contribution in [0.1, 0.15) is 45.2 Å². The number of rotatable bonds is 13. The lowest BCUT2D eigenvalue weighted by Crippen LogP contribution is -2.48. The molecule has 0 saturated heterocycles. The van der Waals surface area contributed by atoms with Gasteiger partial charge in [0.15, 0.2) is 0 Å². The molecule has 0 radical (unpaired) electrons. The van der Waals surface area contributed by atoms with Crippen molar-refractivity contribution < 1.29 is 38.4 Å². The normalized spacial score (nSPS) is 12.4. The van der Waals surface area contributed by atoms with Crippen molar-refractivity contribution in [2.45, 2.75) is 59.0 Å². The van der Waals surface area contributed by atoms with Gasteiger partial charge in [0.2, 0.25) is 5.91 Å². The lowest BCUT2D eigenvalue weighted by Gasteiger charge is -2.24. The molecular formula is C24H33N4O10P-2. The number of anilines is 2. The van der Waals surface area contributed by atoms with Gasteiger partial charge in [-0.15, -0.1) is 0 Å². The number of alkyl carbamates (subject to hydrolysis) is 1. The Morgan fingerprint density at radius 1 is 0.923 bits per heavy atom. The van der Waals surface area contributed by atoms with Crippen molar-refractivity contribution in [3.63, 3.8) is 0 Å². The molecule has 0 heterocycles. The van der Waals surface area contributed by atoms with E-state index in [1.807, 2.05) is 0 Å². The number of hydrogen-bond acceptors (Lipinski definition) is 12. The van der Waals surface area contributed by atoms with E-state index in [4.69, 9.17) is 24.2 Å². The summed E-state index contributed by atoms with van der Waals surface area (Å²) in [5, 5.41) is 44.2. The van der Waals surface area contributed by atoms with Crippen LogP contribution in [0.5, 0.6) is 0 Å². The molecule has 1 unspecified atom stereocenters. The molecule has 0 aliphatic carbocycles. The van der Waals surface area contributed by atoms with Crippen molar-refractivity contribution >= 4 is 31.0 Å². The fourth-order valence-electron chi connectivity index (χ4n) is 3.01. The van der Waals surface area contributed by atoms with Crippen LogP contribution in [0.2, 0.25) is 0 Å². The first-order valence-corrected chi connectivity index (χ1v) is 13.6. The Kier molecular flexibility index (Phi) is 11.7. The Morgan fingerprint density at radius 2 is 1.36 bits per heavy atom. The summed E-state index contributed by atoms with van der Waals surface area (Å²) in [4.78, 5) is 24.8. The predicted octanol–water partition coefficient (Wildman–Crippen LogP) is 4.38. The summed E-state index contributed by atoms with van der Waals surface area (Å²) in [7, 11) is -4.00. The second kappa shape index (κ2) is 14.2. The number of ether oxygens (including phenoxy) is 1. The topological polar surface area (TPSA) is 196 Å².